The van der Waals surface area contributed by atoms with Crippen LogP contribution in [-0.4, -0.2) is 44.2 Å². The smallest absolute Gasteiger partial charge is 0.303 e. The number of H-pyrrole nitrogens is 2. The van der Waals surface area contributed by atoms with Crippen molar-refractivity contribution in [2.75, 3.05) is 0 Å². The molecule has 0 aromatic carbocycles. The zero-order valence-electron chi connectivity index (χ0n) is 24.8. The zero-order chi connectivity index (χ0) is 30.3. The molecule has 3 aliphatic rings. The molecule has 0 amide bonds. The Bertz CT molecular complexity index is 1620. The van der Waals surface area contributed by atoms with Crippen LogP contribution in [0.3, 0.4) is 0 Å². The largest absolute Gasteiger partial charge is 0.481 e. The molecule has 2 aromatic heterocycles. The first kappa shape index (κ1) is 29.0. The van der Waals surface area contributed by atoms with Crippen molar-refractivity contribution in [1.29, 1.82) is 0 Å². The first-order valence-electron chi connectivity index (χ1n) is 14.5. The van der Waals surface area contributed by atoms with Crippen LogP contribution in [0.5, 0.6) is 0 Å². The summed E-state index contributed by atoms with van der Waals surface area (Å²) in [5, 5.41) is 26.4. The number of carbonyl (C=O) groups is 2. The fourth-order valence-electron chi connectivity index (χ4n) is 6.70. The third-order valence-corrected chi connectivity index (χ3v) is 9.13. The van der Waals surface area contributed by atoms with E-state index in [-0.39, 0.29) is 24.9 Å². The molecular weight excluding hydrogens is 528 g/mol. The second-order valence-electron chi connectivity index (χ2n) is 11.5. The van der Waals surface area contributed by atoms with Gasteiger partial charge in [-0.1, -0.05) is 25.3 Å². The van der Waals surface area contributed by atoms with E-state index >= 15 is 0 Å². The molecule has 0 fully saturated rings. The average Bonchev–Trinajstić information content (AvgIpc) is 3.59. The van der Waals surface area contributed by atoms with Crippen LogP contribution in [0.4, 0.5) is 0 Å². The van der Waals surface area contributed by atoms with E-state index in [1.807, 2.05) is 26.0 Å². The van der Waals surface area contributed by atoms with Gasteiger partial charge in [-0.05, 0) is 97.2 Å². The van der Waals surface area contributed by atoms with Crippen LogP contribution in [0.25, 0.3) is 18.2 Å². The van der Waals surface area contributed by atoms with Crippen molar-refractivity contribution >= 4 is 30.2 Å². The van der Waals surface area contributed by atoms with Gasteiger partial charge < -0.3 is 30.8 Å². The van der Waals surface area contributed by atoms with Crippen molar-refractivity contribution < 1.29 is 19.8 Å². The van der Waals surface area contributed by atoms with Gasteiger partial charge in [0.1, 0.15) is 0 Å². The van der Waals surface area contributed by atoms with Gasteiger partial charge in [-0.15, -0.1) is 0 Å². The van der Waals surface area contributed by atoms with Crippen LogP contribution in [0.15, 0.2) is 52.9 Å². The molecule has 42 heavy (non-hydrogen) atoms. The Kier molecular flexibility index (Phi) is 7.91. The van der Waals surface area contributed by atoms with Crippen LogP contribution in [0, 0.1) is 13.8 Å². The number of carboxylic acid groups (broad SMARTS) is 2. The Morgan fingerprint density at radius 2 is 1.43 bits per heavy atom. The summed E-state index contributed by atoms with van der Waals surface area (Å²) in [5.41, 5.74) is 14.5. The molecule has 8 nitrogen and oxygen atoms in total. The summed E-state index contributed by atoms with van der Waals surface area (Å²) < 4.78 is 0. The predicted molar refractivity (Wildman–Crippen MR) is 167 cm³/mol. The number of allylic oxidation sites excluding steroid dienone is 2. The predicted octanol–water partition coefficient (Wildman–Crippen LogP) is 5.73. The highest BCUT2D eigenvalue weighted by atomic mass is 16.4. The van der Waals surface area contributed by atoms with E-state index in [4.69, 9.17) is 0 Å². The summed E-state index contributed by atoms with van der Waals surface area (Å²) >= 11 is 0. The van der Waals surface area contributed by atoms with Gasteiger partial charge in [0, 0.05) is 59.9 Å². The maximum Gasteiger partial charge on any atom is 0.303 e. The van der Waals surface area contributed by atoms with Crippen molar-refractivity contribution in [3.8, 4) is 0 Å². The van der Waals surface area contributed by atoms with Gasteiger partial charge in [-0.3, -0.25) is 9.59 Å². The van der Waals surface area contributed by atoms with Crippen LogP contribution >= 0.6 is 0 Å². The van der Waals surface area contributed by atoms with Gasteiger partial charge in [0.05, 0.1) is 12.1 Å². The van der Waals surface area contributed by atoms with Crippen molar-refractivity contribution in [3.63, 3.8) is 0 Å². The van der Waals surface area contributed by atoms with E-state index in [0.29, 0.717) is 19.3 Å². The monoisotopic (exact) mass is 568 g/mol. The number of aromatic nitrogens is 2. The minimum Gasteiger partial charge on any atom is -0.481 e. The van der Waals surface area contributed by atoms with Gasteiger partial charge in [0.2, 0.25) is 0 Å². The third kappa shape index (κ3) is 5.29. The first-order valence-corrected chi connectivity index (χ1v) is 14.5. The first-order chi connectivity index (χ1) is 20.0. The summed E-state index contributed by atoms with van der Waals surface area (Å²) in [4.78, 5) is 30.4. The summed E-state index contributed by atoms with van der Waals surface area (Å²) in [7, 11) is 0. The molecule has 0 spiro atoms. The quantitative estimate of drug-likeness (QED) is 0.241. The Hall–Kier alpha value is -4.46. The molecule has 6 N–H and O–H groups in total. The van der Waals surface area contributed by atoms with Crippen molar-refractivity contribution in [2.45, 2.75) is 78.3 Å². The number of nitrogens with one attached hydrogen (secondary N) is 4. The van der Waals surface area contributed by atoms with Gasteiger partial charge in [0.15, 0.2) is 0 Å². The molecule has 8 bridgehead atoms. The lowest BCUT2D eigenvalue weighted by atomic mass is 9.94. The molecular formula is C34H40N4O4. The SMILES string of the molecule is C=CC1=C(C)C2Cc3[nH]c(c(C)c3C=C)/C=C3\NC(Cc4[nH]c(c(C)c4CCC(=O)O)/C=C/1N2)C(CCC(=O)O)=C3C. The highest BCUT2D eigenvalue weighted by Gasteiger charge is 2.31. The number of carboxylic acids is 2. The summed E-state index contributed by atoms with van der Waals surface area (Å²) in [6, 6.07) is -0.0621. The minimum atomic E-state index is -0.839. The second-order valence-corrected chi connectivity index (χ2v) is 11.5. The number of hydrogen-bond acceptors (Lipinski definition) is 4. The normalized spacial score (nSPS) is 22.2. The standard InChI is InChI=1S/C34H40N4O4/c1-7-21-17(3)25-13-26-19(5)23(9-11-33(39)40)31(37-26)16-32-24(10-12-34(41)42)20(6)28(38-32)15-30-22(8-2)18(4)27(36-30)14-29(21)35-25/h7-8,13,15,27,31,35-38H,1-2,9-12,14,16H2,3-6H3,(H,39,40)(H,41,42)/b26-13-,30-15-. The van der Waals surface area contributed by atoms with Crippen molar-refractivity contribution in [3.05, 3.63) is 97.9 Å². The van der Waals surface area contributed by atoms with Crippen LogP contribution in [0.1, 0.15) is 78.1 Å². The van der Waals surface area contributed by atoms with E-state index < -0.39 is 11.9 Å². The highest BCUT2D eigenvalue weighted by molar-refractivity contribution is 5.71. The molecule has 0 saturated carbocycles. The lowest BCUT2D eigenvalue weighted by molar-refractivity contribution is -0.138. The molecule has 0 saturated heterocycles. The van der Waals surface area contributed by atoms with E-state index in [1.165, 1.54) is 5.57 Å². The van der Waals surface area contributed by atoms with Gasteiger partial charge in [-0.2, -0.15) is 0 Å². The second kappa shape index (κ2) is 11.4. The molecule has 8 heteroatoms. The number of fused-ring (bicyclic) bond motifs is 8. The number of aromatic amines is 2. The topological polar surface area (TPSA) is 130 Å². The molecule has 2 atom stereocenters. The fraction of sp³-hybridized carbons (Fsp3) is 0.353. The zero-order valence-corrected chi connectivity index (χ0v) is 24.8. The van der Waals surface area contributed by atoms with Crippen LogP contribution in [0.2, 0.25) is 0 Å². The molecule has 5 rings (SSSR count). The van der Waals surface area contributed by atoms with Crippen molar-refractivity contribution in [1.82, 2.24) is 20.6 Å². The lowest BCUT2D eigenvalue weighted by Gasteiger charge is -2.17. The van der Waals surface area contributed by atoms with Crippen molar-refractivity contribution in [2.24, 2.45) is 0 Å². The average molecular weight is 569 g/mol. The third-order valence-electron chi connectivity index (χ3n) is 9.13. The summed E-state index contributed by atoms with van der Waals surface area (Å²) in [6.07, 6.45) is 10.3. The molecule has 0 radical (unpaired) electrons. The maximum atomic E-state index is 11.6. The molecule has 0 aliphatic carbocycles. The molecule has 5 heterocycles. The Morgan fingerprint density at radius 3 is 2.10 bits per heavy atom. The van der Waals surface area contributed by atoms with Gasteiger partial charge >= 0.3 is 11.9 Å². The maximum absolute atomic E-state index is 11.6. The molecule has 2 aromatic rings. The van der Waals surface area contributed by atoms with E-state index in [9.17, 15) is 19.8 Å². The highest BCUT2D eigenvalue weighted by Crippen LogP contribution is 2.36. The van der Waals surface area contributed by atoms with Crippen LogP contribution in [-0.2, 0) is 28.9 Å². The molecule has 3 aliphatic heterocycles. The molecule has 2 unspecified atom stereocenters. The fourth-order valence-corrected chi connectivity index (χ4v) is 6.70. The lowest BCUT2D eigenvalue weighted by Crippen LogP contribution is -2.27. The number of hydrogen-bond donors (Lipinski definition) is 6. The minimum absolute atomic E-state index is 0.0305. The Balaban J connectivity index is 1.70. The van der Waals surface area contributed by atoms with E-state index in [0.717, 1.165) is 79.6 Å². The summed E-state index contributed by atoms with van der Waals surface area (Å²) in [6.45, 7) is 16.5. The molecule has 220 valence electrons. The van der Waals surface area contributed by atoms with Crippen LogP contribution < -0.4 is 10.6 Å². The Morgan fingerprint density at radius 1 is 0.833 bits per heavy atom. The Labute approximate surface area is 246 Å². The van der Waals surface area contributed by atoms with Gasteiger partial charge in [-0.25, -0.2) is 0 Å². The number of rotatable bonds is 8. The number of aliphatic carboxylic acids is 2. The van der Waals surface area contributed by atoms with E-state index in [2.05, 4.69) is 59.8 Å². The summed E-state index contributed by atoms with van der Waals surface area (Å²) in [5.74, 6) is -1.67. The van der Waals surface area contributed by atoms with Gasteiger partial charge in [0.25, 0.3) is 0 Å². The van der Waals surface area contributed by atoms with E-state index in [1.54, 1.807) is 0 Å².